The third-order valence-corrected chi connectivity index (χ3v) is 2.10. The number of rotatable bonds is 6. The number of amides is 1. The third kappa shape index (κ3) is 9.74. The maximum Gasteiger partial charge on any atom is 0.407 e. The van der Waals surface area contributed by atoms with Crippen LogP contribution in [-0.2, 0) is 4.74 Å². The van der Waals surface area contributed by atoms with E-state index in [2.05, 4.69) is 17.2 Å². The van der Waals surface area contributed by atoms with Crippen LogP contribution in [0.2, 0.25) is 0 Å². The van der Waals surface area contributed by atoms with Gasteiger partial charge in [0.05, 0.1) is 6.04 Å². The maximum absolute atomic E-state index is 11.5. The predicted molar refractivity (Wildman–Crippen MR) is 73.4 cm³/mol. The van der Waals surface area contributed by atoms with Crippen LogP contribution in [0, 0.1) is 0 Å². The number of ether oxygens (including phenoxy) is 1. The quantitative estimate of drug-likeness (QED) is 0.494. The van der Waals surface area contributed by atoms with Crippen molar-refractivity contribution in [2.75, 3.05) is 6.54 Å². The van der Waals surface area contributed by atoms with Crippen LogP contribution in [0.3, 0.4) is 0 Å². The first-order chi connectivity index (χ1) is 8.24. The van der Waals surface area contributed by atoms with E-state index in [1.807, 2.05) is 20.8 Å². The number of nitrogens with two attached hydrogens (primary N) is 2. The second kappa shape index (κ2) is 7.79. The van der Waals surface area contributed by atoms with Gasteiger partial charge in [-0.1, -0.05) is 19.8 Å². The standard InChI is InChI=1S/C12H26N4O2/c1-5-6-7-9(16-10(13)14)8-15-11(17)18-12(2,3)4/h9H,5-8H2,1-4H3,(H,15,17)(H4,13,14,16). The highest BCUT2D eigenvalue weighted by atomic mass is 16.6. The Hall–Kier alpha value is -1.46. The molecule has 0 rings (SSSR count). The lowest BCUT2D eigenvalue weighted by Crippen LogP contribution is -2.37. The molecule has 0 aromatic heterocycles. The fourth-order valence-electron chi connectivity index (χ4n) is 1.38. The number of carbonyl (C=O) groups is 1. The molecule has 0 fully saturated rings. The number of alkyl carbamates (subject to hydrolysis) is 1. The van der Waals surface area contributed by atoms with Crippen molar-refractivity contribution in [2.24, 2.45) is 16.5 Å². The average molecular weight is 258 g/mol. The van der Waals surface area contributed by atoms with Gasteiger partial charge >= 0.3 is 6.09 Å². The van der Waals surface area contributed by atoms with Crippen molar-refractivity contribution in [3.63, 3.8) is 0 Å². The number of nitrogens with zero attached hydrogens (tertiary/aromatic N) is 1. The molecule has 0 aliphatic heterocycles. The molecule has 0 aromatic rings. The summed E-state index contributed by atoms with van der Waals surface area (Å²) in [6.07, 6.45) is 2.46. The van der Waals surface area contributed by atoms with Gasteiger partial charge in [-0.25, -0.2) is 9.79 Å². The number of unbranched alkanes of at least 4 members (excludes halogenated alkanes) is 1. The highest BCUT2D eigenvalue weighted by Crippen LogP contribution is 2.07. The predicted octanol–water partition coefficient (Wildman–Crippen LogP) is 1.34. The summed E-state index contributed by atoms with van der Waals surface area (Å²) in [6, 6.07) is -0.0949. The zero-order chi connectivity index (χ0) is 14.2. The first kappa shape index (κ1) is 16.5. The zero-order valence-corrected chi connectivity index (χ0v) is 11.8. The minimum absolute atomic E-state index is 0.0436. The first-order valence-corrected chi connectivity index (χ1v) is 6.30. The SMILES string of the molecule is CCCCC(CNC(=O)OC(C)(C)C)N=C(N)N. The minimum atomic E-state index is -0.501. The van der Waals surface area contributed by atoms with E-state index in [9.17, 15) is 4.79 Å². The molecule has 0 spiro atoms. The Morgan fingerprint density at radius 2 is 2.00 bits per heavy atom. The molecule has 1 unspecified atom stereocenters. The first-order valence-electron chi connectivity index (χ1n) is 6.30. The second-order valence-electron chi connectivity index (χ2n) is 5.23. The van der Waals surface area contributed by atoms with E-state index in [0.717, 1.165) is 19.3 Å². The van der Waals surface area contributed by atoms with Crippen LogP contribution in [0.25, 0.3) is 0 Å². The van der Waals surface area contributed by atoms with E-state index in [1.165, 1.54) is 0 Å². The summed E-state index contributed by atoms with van der Waals surface area (Å²) in [5.41, 5.74) is 10.2. The molecule has 5 N–H and O–H groups in total. The Bertz CT molecular complexity index is 280. The normalized spacial score (nSPS) is 12.7. The van der Waals surface area contributed by atoms with Crippen LogP contribution in [0.4, 0.5) is 4.79 Å². The van der Waals surface area contributed by atoms with E-state index >= 15 is 0 Å². The molecule has 0 aromatic carbocycles. The van der Waals surface area contributed by atoms with Gasteiger partial charge in [0.1, 0.15) is 5.60 Å². The molecular formula is C12H26N4O2. The van der Waals surface area contributed by atoms with Crippen molar-refractivity contribution in [2.45, 2.75) is 58.6 Å². The molecular weight excluding hydrogens is 232 g/mol. The Morgan fingerprint density at radius 3 is 2.44 bits per heavy atom. The fraction of sp³-hybridized carbons (Fsp3) is 0.833. The Labute approximate surface area is 109 Å². The molecule has 6 heteroatoms. The van der Waals surface area contributed by atoms with Crippen molar-refractivity contribution in [1.82, 2.24) is 5.32 Å². The van der Waals surface area contributed by atoms with Gasteiger partial charge in [-0.2, -0.15) is 0 Å². The molecule has 0 aliphatic rings. The summed E-state index contributed by atoms with van der Waals surface area (Å²) in [4.78, 5) is 15.6. The number of hydrogen-bond donors (Lipinski definition) is 3. The average Bonchev–Trinajstić information content (AvgIpc) is 2.19. The number of guanidine groups is 1. The van der Waals surface area contributed by atoms with E-state index in [0.29, 0.717) is 6.54 Å². The number of aliphatic imine (C=N–C) groups is 1. The Kier molecular flexibility index (Phi) is 7.16. The van der Waals surface area contributed by atoms with Gasteiger partial charge in [0, 0.05) is 6.54 Å². The fourth-order valence-corrected chi connectivity index (χ4v) is 1.38. The van der Waals surface area contributed by atoms with Crippen molar-refractivity contribution in [3.05, 3.63) is 0 Å². The van der Waals surface area contributed by atoms with Crippen LogP contribution in [-0.4, -0.2) is 30.2 Å². The van der Waals surface area contributed by atoms with Crippen molar-refractivity contribution in [3.8, 4) is 0 Å². The number of hydrogen-bond acceptors (Lipinski definition) is 3. The van der Waals surface area contributed by atoms with Crippen LogP contribution < -0.4 is 16.8 Å². The van der Waals surface area contributed by atoms with Gasteiger partial charge in [-0.15, -0.1) is 0 Å². The highest BCUT2D eigenvalue weighted by molar-refractivity contribution is 5.76. The van der Waals surface area contributed by atoms with Crippen molar-refractivity contribution in [1.29, 1.82) is 0 Å². The lowest BCUT2D eigenvalue weighted by Gasteiger charge is -2.21. The van der Waals surface area contributed by atoms with Gasteiger partial charge < -0.3 is 21.5 Å². The summed E-state index contributed by atoms with van der Waals surface area (Å²) in [7, 11) is 0. The molecule has 0 bridgehead atoms. The van der Waals surface area contributed by atoms with Crippen LogP contribution in [0.1, 0.15) is 47.0 Å². The van der Waals surface area contributed by atoms with Crippen LogP contribution in [0.15, 0.2) is 4.99 Å². The maximum atomic E-state index is 11.5. The summed E-state index contributed by atoms with van der Waals surface area (Å²) < 4.78 is 5.14. The van der Waals surface area contributed by atoms with E-state index in [1.54, 1.807) is 0 Å². The minimum Gasteiger partial charge on any atom is -0.444 e. The molecule has 0 heterocycles. The van der Waals surface area contributed by atoms with Crippen LogP contribution in [0.5, 0.6) is 0 Å². The van der Waals surface area contributed by atoms with E-state index in [-0.39, 0.29) is 12.0 Å². The zero-order valence-electron chi connectivity index (χ0n) is 11.8. The lowest BCUT2D eigenvalue weighted by molar-refractivity contribution is 0.0524. The van der Waals surface area contributed by atoms with Crippen molar-refractivity contribution < 1.29 is 9.53 Å². The summed E-state index contributed by atoms with van der Waals surface area (Å²) >= 11 is 0. The van der Waals surface area contributed by atoms with Gasteiger partial charge in [0.15, 0.2) is 5.96 Å². The van der Waals surface area contributed by atoms with Crippen LogP contribution >= 0.6 is 0 Å². The smallest absolute Gasteiger partial charge is 0.407 e. The summed E-state index contributed by atoms with van der Waals surface area (Å²) in [5, 5.41) is 2.67. The lowest BCUT2D eigenvalue weighted by atomic mass is 10.1. The Balaban J connectivity index is 4.17. The highest BCUT2D eigenvalue weighted by Gasteiger charge is 2.17. The largest absolute Gasteiger partial charge is 0.444 e. The van der Waals surface area contributed by atoms with Gasteiger partial charge in [0.25, 0.3) is 0 Å². The number of carbonyl (C=O) groups excluding carboxylic acids is 1. The second-order valence-corrected chi connectivity index (χ2v) is 5.23. The van der Waals surface area contributed by atoms with Gasteiger partial charge in [0.2, 0.25) is 0 Å². The molecule has 1 atom stereocenters. The number of nitrogens with one attached hydrogen (secondary N) is 1. The third-order valence-electron chi connectivity index (χ3n) is 2.10. The molecule has 6 nitrogen and oxygen atoms in total. The van der Waals surface area contributed by atoms with Gasteiger partial charge in [-0.3, -0.25) is 0 Å². The van der Waals surface area contributed by atoms with E-state index in [4.69, 9.17) is 16.2 Å². The molecule has 18 heavy (non-hydrogen) atoms. The molecule has 0 saturated carbocycles. The summed E-state index contributed by atoms with van der Waals surface area (Å²) in [6.45, 7) is 7.92. The molecule has 0 radical (unpaired) electrons. The Morgan fingerprint density at radius 1 is 1.39 bits per heavy atom. The molecule has 106 valence electrons. The molecule has 0 saturated heterocycles. The van der Waals surface area contributed by atoms with Gasteiger partial charge in [-0.05, 0) is 27.2 Å². The molecule has 0 aliphatic carbocycles. The van der Waals surface area contributed by atoms with E-state index < -0.39 is 11.7 Å². The molecule has 1 amide bonds. The topological polar surface area (TPSA) is 103 Å². The summed E-state index contributed by atoms with van der Waals surface area (Å²) in [5.74, 6) is 0.0436. The monoisotopic (exact) mass is 258 g/mol. The van der Waals surface area contributed by atoms with Crippen molar-refractivity contribution >= 4 is 12.1 Å².